The lowest BCUT2D eigenvalue weighted by Crippen LogP contribution is -2.33. The van der Waals surface area contributed by atoms with E-state index in [1.807, 2.05) is 6.33 Å². The van der Waals surface area contributed by atoms with Crippen LogP contribution in [-0.4, -0.2) is 22.6 Å². The van der Waals surface area contributed by atoms with E-state index in [1.54, 1.807) is 0 Å². The largest absolute Gasteiger partial charge is 0.364 e. The molecule has 0 fully saturated rings. The molecular formula is C14H17BrN4. The SMILES string of the molecule is NCCc1ncn2c1CN(c1cccc(Br)c1)CC2. The van der Waals surface area contributed by atoms with Gasteiger partial charge in [0.25, 0.3) is 0 Å². The molecule has 5 heteroatoms. The van der Waals surface area contributed by atoms with E-state index in [-0.39, 0.29) is 0 Å². The number of halogens is 1. The molecule has 0 radical (unpaired) electrons. The summed E-state index contributed by atoms with van der Waals surface area (Å²) in [6.45, 7) is 3.56. The predicted molar refractivity (Wildman–Crippen MR) is 80.2 cm³/mol. The molecule has 1 aliphatic rings. The number of aromatic nitrogens is 2. The molecule has 2 heterocycles. The van der Waals surface area contributed by atoms with E-state index >= 15 is 0 Å². The fourth-order valence-electron chi connectivity index (χ4n) is 2.55. The van der Waals surface area contributed by atoms with Crippen molar-refractivity contribution in [3.05, 3.63) is 46.5 Å². The van der Waals surface area contributed by atoms with Gasteiger partial charge in [-0.3, -0.25) is 0 Å². The average Bonchev–Trinajstić information content (AvgIpc) is 2.82. The van der Waals surface area contributed by atoms with E-state index in [2.05, 4.69) is 54.6 Å². The monoisotopic (exact) mass is 320 g/mol. The summed E-state index contributed by atoms with van der Waals surface area (Å²) in [4.78, 5) is 6.87. The van der Waals surface area contributed by atoms with Crippen molar-refractivity contribution < 1.29 is 0 Å². The van der Waals surface area contributed by atoms with Crippen LogP contribution in [0, 0.1) is 0 Å². The number of anilines is 1. The molecule has 1 aromatic heterocycles. The van der Waals surface area contributed by atoms with Gasteiger partial charge in [-0.2, -0.15) is 0 Å². The Balaban J connectivity index is 1.86. The summed E-state index contributed by atoms with van der Waals surface area (Å²) in [5.74, 6) is 0. The number of fused-ring (bicyclic) bond motifs is 1. The van der Waals surface area contributed by atoms with E-state index in [0.717, 1.165) is 36.2 Å². The topological polar surface area (TPSA) is 47.1 Å². The Morgan fingerprint density at radius 3 is 3.00 bits per heavy atom. The van der Waals surface area contributed by atoms with Crippen LogP contribution in [0.3, 0.4) is 0 Å². The molecule has 0 bridgehead atoms. The van der Waals surface area contributed by atoms with Gasteiger partial charge in [-0.1, -0.05) is 22.0 Å². The highest BCUT2D eigenvalue weighted by Crippen LogP contribution is 2.25. The summed E-state index contributed by atoms with van der Waals surface area (Å²) in [6.07, 6.45) is 2.80. The summed E-state index contributed by atoms with van der Waals surface area (Å²) in [6, 6.07) is 8.44. The van der Waals surface area contributed by atoms with Crippen molar-refractivity contribution in [1.82, 2.24) is 9.55 Å². The van der Waals surface area contributed by atoms with Crippen LogP contribution in [0.15, 0.2) is 35.1 Å². The Hall–Kier alpha value is -1.33. The Bertz CT molecular complexity index is 579. The van der Waals surface area contributed by atoms with Crippen LogP contribution in [0.25, 0.3) is 0 Å². The summed E-state index contributed by atoms with van der Waals surface area (Å²) in [7, 11) is 0. The number of benzene rings is 1. The minimum absolute atomic E-state index is 0.654. The van der Waals surface area contributed by atoms with Crippen molar-refractivity contribution in [2.75, 3.05) is 18.0 Å². The average molecular weight is 321 g/mol. The maximum atomic E-state index is 5.65. The van der Waals surface area contributed by atoms with Crippen molar-refractivity contribution in [3.63, 3.8) is 0 Å². The Morgan fingerprint density at radius 2 is 2.21 bits per heavy atom. The third-order valence-corrected chi connectivity index (χ3v) is 4.03. The number of nitrogens with zero attached hydrogens (tertiary/aromatic N) is 3. The summed E-state index contributed by atoms with van der Waals surface area (Å²) in [5.41, 5.74) is 9.34. The number of imidazole rings is 1. The fraction of sp³-hybridized carbons (Fsp3) is 0.357. The first-order valence-electron chi connectivity index (χ1n) is 6.51. The van der Waals surface area contributed by atoms with Crippen LogP contribution in [0.2, 0.25) is 0 Å². The van der Waals surface area contributed by atoms with E-state index in [4.69, 9.17) is 5.73 Å². The van der Waals surface area contributed by atoms with Crippen LogP contribution in [0.4, 0.5) is 5.69 Å². The van der Waals surface area contributed by atoms with Crippen LogP contribution in [-0.2, 0) is 19.5 Å². The molecule has 4 nitrogen and oxygen atoms in total. The van der Waals surface area contributed by atoms with Crippen molar-refractivity contribution in [2.24, 2.45) is 5.73 Å². The molecule has 0 saturated carbocycles. The number of hydrogen-bond donors (Lipinski definition) is 1. The van der Waals surface area contributed by atoms with Crippen molar-refractivity contribution in [1.29, 1.82) is 0 Å². The quantitative estimate of drug-likeness (QED) is 0.942. The number of rotatable bonds is 3. The molecule has 1 aromatic carbocycles. The highest BCUT2D eigenvalue weighted by atomic mass is 79.9. The summed E-state index contributed by atoms with van der Waals surface area (Å²) >= 11 is 3.53. The van der Waals surface area contributed by atoms with Gasteiger partial charge in [-0.15, -0.1) is 0 Å². The first-order chi connectivity index (χ1) is 9.28. The van der Waals surface area contributed by atoms with Gasteiger partial charge in [-0.25, -0.2) is 4.98 Å². The second kappa shape index (κ2) is 5.35. The normalized spacial score (nSPS) is 14.5. The van der Waals surface area contributed by atoms with Crippen LogP contribution in [0.5, 0.6) is 0 Å². The van der Waals surface area contributed by atoms with E-state index in [1.165, 1.54) is 11.4 Å². The first kappa shape index (κ1) is 12.7. The van der Waals surface area contributed by atoms with Crippen molar-refractivity contribution in [3.8, 4) is 0 Å². The first-order valence-corrected chi connectivity index (χ1v) is 7.30. The van der Waals surface area contributed by atoms with Gasteiger partial charge in [0.2, 0.25) is 0 Å². The molecule has 0 unspecified atom stereocenters. The van der Waals surface area contributed by atoms with Gasteiger partial charge < -0.3 is 15.2 Å². The van der Waals surface area contributed by atoms with Gasteiger partial charge >= 0.3 is 0 Å². The molecule has 0 spiro atoms. The van der Waals surface area contributed by atoms with Gasteiger partial charge in [0, 0.05) is 29.7 Å². The maximum absolute atomic E-state index is 5.65. The molecule has 2 aromatic rings. The molecule has 2 N–H and O–H groups in total. The van der Waals surface area contributed by atoms with Gasteiger partial charge in [-0.05, 0) is 24.7 Å². The zero-order valence-electron chi connectivity index (χ0n) is 10.7. The van der Waals surface area contributed by atoms with Crippen LogP contribution in [0.1, 0.15) is 11.4 Å². The highest BCUT2D eigenvalue weighted by Gasteiger charge is 2.20. The lowest BCUT2D eigenvalue weighted by atomic mass is 10.2. The van der Waals surface area contributed by atoms with Crippen LogP contribution >= 0.6 is 15.9 Å². The van der Waals surface area contributed by atoms with E-state index < -0.39 is 0 Å². The maximum Gasteiger partial charge on any atom is 0.0952 e. The summed E-state index contributed by atoms with van der Waals surface area (Å²) in [5, 5.41) is 0. The Labute approximate surface area is 121 Å². The second-order valence-corrected chi connectivity index (χ2v) is 5.69. The zero-order valence-corrected chi connectivity index (χ0v) is 12.3. The lowest BCUT2D eigenvalue weighted by molar-refractivity contribution is 0.567. The molecule has 3 rings (SSSR count). The van der Waals surface area contributed by atoms with Gasteiger partial charge in [0.1, 0.15) is 0 Å². The number of nitrogens with two attached hydrogens (primary N) is 1. The molecular weight excluding hydrogens is 304 g/mol. The number of hydrogen-bond acceptors (Lipinski definition) is 3. The molecule has 19 heavy (non-hydrogen) atoms. The van der Waals surface area contributed by atoms with E-state index in [9.17, 15) is 0 Å². The molecule has 0 amide bonds. The molecule has 100 valence electrons. The predicted octanol–water partition coefficient (Wildman–Crippen LogP) is 2.17. The van der Waals surface area contributed by atoms with Gasteiger partial charge in [0.05, 0.1) is 24.3 Å². The minimum Gasteiger partial charge on any atom is -0.364 e. The fourth-order valence-corrected chi connectivity index (χ4v) is 2.94. The van der Waals surface area contributed by atoms with E-state index in [0.29, 0.717) is 6.54 Å². The second-order valence-electron chi connectivity index (χ2n) is 4.77. The highest BCUT2D eigenvalue weighted by molar-refractivity contribution is 9.10. The summed E-state index contributed by atoms with van der Waals surface area (Å²) < 4.78 is 3.37. The molecule has 0 saturated heterocycles. The van der Waals surface area contributed by atoms with Crippen molar-refractivity contribution in [2.45, 2.75) is 19.5 Å². The van der Waals surface area contributed by atoms with Gasteiger partial charge in [0.15, 0.2) is 0 Å². The molecule has 1 aliphatic heterocycles. The standard InChI is InChI=1S/C14H17BrN4/c15-11-2-1-3-12(8-11)18-6-7-19-10-17-13(4-5-16)14(19)9-18/h1-3,8,10H,4-7,9,16H2. The lowest BCUT2D eigenvalue weighted by Gasteiger charge is -2.30. The third kappa shape index (κ3) is 2.53. The molecule has 0 aliphatic carbocycles. The minimum atomic E-state index is 0.654. The Morgan fingerprint density at radius 1 is 1.32 bits per heavy atom. The van der Waals surface area contributed by atoms with Crippen LogP contribution < -0.4 is 10.6 Å². The zero-order chi connectivity index (χ0) is 13.2. The molecule has 0 atom stereocenters. The van der Waals surface area contributed by atoms with Crippen molar-refractivity contribution >= 4 is 21.6 Å². The smallest absolute Gasteiger partial charge is 0.0952 e. The Kier molecular flexibility index (Phi) is 3.57. The third-order valence-electron chi connectivity index (χ3n) is 3.54.